The number of nitrogens with zero attached hydrogens (tertiary/aromatic N) is 2. The number of carbonyl (C=O) groups excluding carboxylic acids is 1. The molecule has 0 fully saturated rings. The number of pyridine rings is 1. The Labute approximate surface area is 130 Å². The molecule has 9 heteroatoms. The van der Waals surface area contributed by atoms with E-state index < -0.39 is 35.0 Å². The number of rotatable bonds is 6. The molecule has 0 aliphatic carbocycles. The van der Waals surface area contributed by atoms with Gasteiger partial charge in [0, 0.05) is 0 Å². The van der Waals surface area contributed by atoms with E-state index in [1.54, 1.807) is 6.07 Å². The summed E-state index contributed by atoms with van der Waals surface area (Å²) in [6, 6.07) is 1.66. The maximum atomic E-state index is 13.3. The van der Waals surface area contributed by atoms with Crippen LogP contribution in [0.5, 0.6) is 11.6 Å². The van der Waals surface area contributed by atoms with Gasteiger partial charge in [-0.1, -0.05) is 0 Å². The molecule has 23 heavy (non-hydrogen) atoms. The van der Waals surface area contributed by atoms with Crippen molar-refractivity contribution < 1.29 is 32.2 Å². The minimum absolute atomic E-state index is 0.0106. The third-order valence-electron chi connectivity index (χ3n) is 2.55. The van der Waals surface area contributed by atoms with Crippen molar-refractivity contribution >= 4 is 5.97 Å². The standard InChI is InChI=1S/C14H15F3N2O4/c1-4-21-10-8(7-18)12(22-5-2)19-11(14(15,16)17)9(10)13(20)23-6-3/h4-6H2,1-3H3. The third-order valence-corrected chi connectivity index (χ3v) is 2.55. The minimum atomic E-state index is -4.95. The first-order valence-electron chi connectivity index (χ1n) is 6.79. The van der Waals surface area contributed by atoms with Crippen molar-refractivity contribution in [2.24, 2.45) is 0 Å². The second kappa shape index (κ2) is 7.67. The Balaban J connectivity index is 3.79. The molecule has 0 atom stereocenters. The lowest BCUT2D eigenvalue weighted by Gasteiger charge is -2.18. The van der Waals surface area contributed by atoms with Crippen LogP contribution in [-0.4, -0.2) is 30.8 Å². The predicted octanol–water partition coefficient (Wildman–Crippen LogP) is 2.95. The first kappa shape index (κ1) is 18.5. The maximum Gasteiger partial charge on any atom is 0.434 e. The highest BCUT2D eigenvalue weighted by Gasteiger charge is 2.42. The topological polar surface area (TPSA) is 81.4 Å². The molecule has 0 saturated carbocycles. The van der Waals surface area contributed by atoms with Crippen LogP contribution in [0.15, 0.2) is 0 Å². The number of esters is 1. The van der Waals surface area contributed by atoms with Gasteiger partial charge in [-0.2, -0.15) is 18.4 Å². The van der Waals surface area contributed by atoms with Gasteiger partial charge in [-0.25, -0.2) is 9.78 Å². The van der Waals surface area contributed by atoms with E-state index in [1.165, 1.54) is 20.8 Å². The molecule has 0 bridgehead atoms. The Kier molecular flexibility index (Phi) is 6.18. The summed E-state index contributed by atoms with van der Waals surface area (Å²) in [6.45, 7) is 4.26. The zero-order valence-corrected chi connectivity index (χ0v) is 12.8. The first-order chi connectivity index (χ1) is 10.8. The summed E-state index contributed by atoms with van der Waals surface area (Å²) in [5.41, 5.74) is -2.83. The molecule has 0 aliphatic heterocycles. The molecule has 0 N–H and O–H groups in total. The Morgan fingerprint density at radius 3 is 2.22 bits per heavy atom. The summed E-state index contributed by atoms with van der Waals surface area (Å²) in [4.78, 5) is 15.3. The summed E-state index contributed by atoms with van der Waals surface area (Å²) >= 11 is 0. The number of ether oxygens (including phenoxy) is 3. The van der Waals surface area contributed by atoms with Gasteiger partial charge in [0.2, 0.25) is 5.88 Å². The fourth-order valence-electron chi connectivity index (χ4n) is 1.77. The van der Waals surface area contributed by atoms with Gasteiger partial charge in [-0.05, 0) is 20.8 Å². The molecule has 0 amide bonds. The lowest BCUT2D eigenvalue weighted by atomic mass is 10.1. The quantitative estimate of drug-likeness (QED) is 0.745. The second-order valence-corrected chi connectivity index (χ2v) is 4.04. The van der Waals surface area contributed by atoms with Crippen molar-refractivity contribution in [2.75, 3.05) is 19.8 Å². The highest BCUT2D eigenvalue weighted by Crippen LogP contribution is 2.40. The largest absolute Gasteiger partial charge is 0.491 e. The summed E-state index contributed by atoms with van der Waals surface area (Å²) in [7, 11) is 0. The minimum Gasteiger partial charge on any atom is -0.491 e. The number of aromatic nitrogens is 1. The molecule has 1 heterocycles. The van der Waals surface area contributed by atoms with Gasteiger partial charge in [0.15, 0.2) is 17.0 Å². The van der Waals surface area contributed by atoms with Crippen molar-refractivity contribution in [3.05, 3.63) is 16.8 Å². The molecule has 0 unspecified atom stereocenters. The number of halogens is 3. The molecule has 126 valence electrons. The molecule has 0 saturated heterocycles. The molecule has 1 aromatic heterocycles. The van der Waals surface area contributed by atoms with Crippen LogP contribution in [0.2, 0.25) is 0 Å². The normalized spacial score (nSPS) is 10.8. The smallest absolute Gasteiger partial charge is 0.434 e. The second-order valence-electron chi connectivity index (χ2n) is 4.04. The number of hydrogen-bond acceptors (Lipinski definition) is 6. The van der Waals surface area contributed by atoms with Gasteiger partial charge in [-0.3, -0.25) is 0 Å². The van der Waals surface area contributed by atoms with Crippen molar-refractivity contribution in [2.45, 2.75) is 26.9 Å². The van der Waals surface area contributed by atoms with Gasteiger partial charge < -0.3 is 14.2 Å². The highest BCUT2D eigenvalue weighted by molar-refractivity contribution is 5.95. The molecular weight excluding hydrogens is 317 g/mol. The number of nitriles is 1. The molecule has 0 aliphatic rings. The predicted molar refractivity (Wildman–Crippen MR) is 72.2 cm³/mol. The lowest BCUT2D eigenvalue weighted by Crippen LogP contribution is -2.21. The summed E-state index contributed by atoms with van der Waals surface area (Å²) in [5.74, 6) is -2.35. The average Bonchev–Trinajstić information content (AvgIpc) is 2.46. The average molecular weight is 332 g/mol. The molecule has 0 aromatic carbocycles. The van der Waals surface area contributed by atoms with Crippen LogP contribution in [0.25, 0.3) is 0 Å². The van der Waals surface area contributed by atoms with Crippen LogP contribution >= 0.6 is 0 Å². The van der Waals surface area contributed by atoms with Gasteiger partial charge in [0.1, 0.15) is 11.6 Å². The zero-order valence-electron chi connectivity index (χ0n) is 12.8. The highest BCUT2D eigenvalue weighted by atomic mass is 19.4. The van der Waals surface area contributed by atoms with Gasteiger partial charge in [0.05, 0.1) is 19.8 Å². The van der Waals surface area contributed by atoms with Crippen molar-refractivity contribution in [3.8, 4) is 17.7 Å². The van der Waals surface area contributed by atoms with Crippen LogP contribution in [0.4, 0.5) is 13.2 Å². The van der Waals surface area contributed by atoms with Crippen molar-refractivity contribution in [1.29, 1.82) is 5.26 Å². The van der Waals surface area contributed by atoms with Crippen LogP contribution in [0, 0.1) is 11.3 Å². The van der Waals surface area contributed by atoms with E-state index in [9.17, 15) is 23.2 Å². The fraction of sp³-hybridized carbons (Fsp3) is 0.500. The lowest BCUT2D eigenvalue weighted by molar-refractivity contribution is -0.142. The van der Waals surface area contributed by atoms with E-state index in [4.69, 9.17) is 9.47 Å². The first-order valence-corrected chi connectivity index (χ1v) is 6.79. The fourth-order valence-corrected chi connectivity index (χ4v) is 1.77. The Hall–Kier alpha value is -2.50. The summed E-state index contributed by atoms with van der Waals surface area (Å²) < 4.78 is 54.5. The van der Waals surface area contributed by atoms with Crippen LogP contribution in [-0.2, 0) is 10.9 Å². The van der Waals surface area contributed by atoms with E-state index >= 15 is 0 Å². The van der Waals surface area contributed by atoms with Gasteiger partial charge in [-0.15, -0.1) is 0 Å². The number of alkyl halides is 3. The monoisotopic (exact) mass is 332 g/mol. The van der Waals surface area contributed by atoms with E-state index in [0.717, 1.165) is 0 Å². The van der Waals surface area contributed by atoms with E-state index in [1.807, 2.05) is 0 Å². The van der Waals surface area contributed by atoms with Crippen molar-refractivity contribution in [1.82, 2.24) is 4.98 Å². The van der Waals surface area contributed by atoms with E-state index in [-0.39, 0.29) is 25.4 Å². The van der Waals surface area contributed by atoms with Crippen LogP contribution in [0.3, 0.4) is 0 Å². The van der Waals surface area contributed by atoms with Gasteiger partial charge in [0.25, 0.3) is 0 Å². The molecule has 0 radical (unpaired) electrons. The Morgan fingerprint density at radius 1 is 1.17 bits per heavy atom. The summed E-state index contributed by atoms with van der Waals surface area (Å²) in [5, 5.41) is 9.20. The Morgan fingerprint density at radius 2 is 1.78 bits per heavy atom. The van der Waals surface area contributed by atoms with Crippen LogP contribution < -0.4 is 9.47 Å². The third kappa shape index (κ3) is 4.03. The number of hydrogen-bond donors (Lipinski definition) is 0. The van der Waals surface area contributed by atoms with E-state index in [0.29, 0.717) is 0 Å². The number of carbonyl (C=O) groups is 1. The van der Waals surface area contributed by atoms with E-state index in [2.05, 4.69) is 9.72 Å². The Bertz CT molecular complexity index is 624. The molecule has 6 nitrogen and oxygen atoms in total. The summed E-state index contributed by atoms with van der Waals surface area (Å²) in [6.07, 6.45) is -4.95. The molecule has 1 rings (SSSR count). The molecular formula is C14H15F3N2O4. The SMILES string of the molecule is CCOC(=O)c1c(C(F)(F)F)nc(OCC)c(C#N)c1OCC. The zero-order chi connectivity index (χ0) is 17.6. The van der Waals surface area contributed by atoms with Crippen molar-refractivity contribution in [3.63, 3.8) is 0 Å². The maximum absolute atomic E-state index is 13.3. The van der Waals surface area contributed by atoms with Gasteiger partial charge >= 0.3 is 12.1 Å². The van der Waals surface area contributed by atoms with Crippen LogP contribution in [0.1, 0.15) is 42.4 Å². The molecule has 0 spiro atoms. The molecule has 1 aromatic rings.